The van der Waals surface area contributed by atoms with Crippen LogP contribution in [0.1, 0.15) is 20.7 Å². The first-order chi connectivity index (χ1) is 8.93. The first-order valence-electron chi connectivity index (χ1n) is 5.27. The number of halogens is 4. The first-order valence-corrected chi connectivity index (χ1v) is 6.78. The number of fused-ring (bicyclic) bond motifs is 1. The lowest BCUT2D eigenvalue weighted by Gasteiger charge is -2.11. The average molecular weight is 341 g/mol. The molecule has 0 bridgehead atoms. The molecule has 1 atom stereocenters. The van der Waals surface area contributed by atoms with Crippen LogP contribution < -0.4 is 0 Å². The van der Waals surface area contributed by atoms with Crippen molar-refractivity contribution >= 4 is 58.2 Å². The van der Waals surface area contributed by atoms with Crippen molar-refractivity contribution in [3.05, 3.63) is 31.2 Å². The summed E-state index contributed by atoms with van der Waals surface area (Å²) in [6.45, 7) is 0.699. The summed E-state index contributed by atoms with van der Waals surface area (Å²) in [6.07, 6.45) is -0.120. The molecular weight excluding hydrogens is 336 g/mol. The second-order valence-electron chi connectivity index (χ2n) is 4.18. The number of nitrogens with zero attached hydrogens (tertiary/aromatic N) is 1. The molecule has 0 aliphatic carbocycles. The molecule has 1 unspecified atom stereocenters. The molecule has 4 nitrogen and oxygen atoms in total. The van der Waals surface area contributed by atoms with E-state index in [4.69, 9.17) is 51.1 Å². The van der Waals surface area contributed by atoms with E-state index in [1.54, 1.807) is 0 Å². The Labute approximate surface area is 128 Å². The first kappa shape index (κ1) is 13.5. The fourth-order valence-corrected chi connectivity index (χ4v) is 2.95. The van der Waals surface area contributed by atoms with Crippen molar-refractivity contribution in [2.24, 2.45) is 0 Å². The van der Waals surface area contributed by atoms with Crippen LogP contribution in [0.4, 0.5) is 0 Å². The molecule has 1 saturated heterocycles. The van der Waals surface area contributed by atoms with Crippen molar-refractivity contribution in [3.63, 3.8) is 0 Å². The lowest BCUT2D eigenvalue weighted by molar-refractivity contribution is 0.0642. The largest absolute Gasteiger partial charge is 0.371 e. The molecule has 1 aromatic rings. The number of carbonyl (C=O) groups excluding carboxylic acids is 2. The molecule has 2 heterocycles. The maximum Gasteiger partial charge on any atom is 0.263 e. The highest BCUT2D eigenvalue weighted by molar-refractivity contribution is 6.55. The van der Waals surface area contributed by atoms with E-state index in [0.29, 0.717) is 6.61 Å². The van der Waals surface area contributed by atoms with Crippen LogP contribution in [-0.2, 0) is 4.74 Å². The molecule has 2 aliphatic rings. The highest BCUT2D eigenvalue weighted by Crippen LogP contribution is 2.44. The van der Waals surface area contributed by atoms with Gasteiger partial charge in [0.05, 0.1) is 50.5 Å². The third-order valence-electron chi connectivity index (χ3n) is 2.97. The summed E-state index contributed by atoms with van der Waals surface area (Å²) in [5.41, 5.74) is 0.0124. The van der Waals surface area contributed by atoms with E-state index in [1.807, 2.05) is 0 Å². The van der Waals surface area contributed by atoms with Crippen molar-refractivity contribution in [2.45, 2.75) is 6.10 Å². The molecule has 1 aromatic carbocycles. The Balaban J connectivity index is 2.16. The summed E-state index contributed by atoms with van der Waals surface area (Å²) in [5.74, 6) is -1.05. The standard InChI is InChI=1S/C11H5Cl4NO3/c12-6-4-5(7(13)9(15)8(6)14)11(18)16(10(4)17)1-3-2-19-3/h3H,1-2H2. The van der Waals surface area contributed by atoms with Crippen LogP contribution in [0.15, 0.2) is 0 Å². The number of hydrogen-bond donors (Lipinski definition) is 0. The molecule has 0 saturated carbocycles. The minimum atomic E-state index is -0.527. The van der Waals surface area contributed by atoms with E-state index in [1.165, 1.54) is 0 Å². The Hall–Kier alpha value is -0.520. The molecule has 1 fully saturated rings. The summed E-state index contributed by atoms with van der Waals surface area (Å²) in [7, 11) is 0. The summed E-state index contributed by atoms with van der Waals surface area (Å²) in [5, 5.41) is -0.164. The third kappa shape index (κ3) is 1.94. The van der Waals surface area contributed by atoms with E-state index in [-0.39, 0.29) is 43.9 Å². The number of carbonyl (C=O) groups is 2. The van der Waals surface area contributed by atoms with Crippen LogP contribution >= 0.6 is 46.4 Å². The van der Waals surface area contributed by atoms with Gasteiger partial charge in [-0.05, 0) is 0 Å². The minimum absolute atomic E-state index is 0.00622. The molecular formula is C11H5Cl4NO3. The number of hydrogen-bond acceptors (Lipinski definition) is 3. The normalized spacial score (nSPS) is 21.1. The lowest BCUT2D eigenvalue weighted by Crippen LogP contribution is -2.33. The van der Waals surface area contributed by atoms with Gasteiger partial charge >= 0.3 is 0 Å². The van der Waals surface area contributed by atoms with Crippen LogP contribution in [0.3, 0.4) is 0 Å². The van der Waals surface area contributed by atoms with Crippen molar-refractivity contribution < 1.29 is 14.3 Å². The maximum absolute atomic E-state index is 12.2. The highest BCUT2D eigenvalue weighted by atomic mass is 35.5. The molecule has 2 aliphatic heterocycles. The van der Waals surface area contributed by atoms with E-state index in [0.717, 1.165) is 4.90 Å². The van der Waals surface area contributed by atoms with Gasteiger partial charge in [-0.25, -0.2) is 0 Å². The minimum Gasteiger partial charge on any atom is -0.371 e. The summed E-state index contributed by atoms with van der Waals surface area (Å²) >= 11 is 23.8. The summed E-state index contributed by atoms with van der Waals surface area (Å²) < 4.78 is 5.01. The Morgan fingerprint density at radius 2 is 1.37 bits per heavy atom. The van der Waals surface area contributed by atoms with Gasteiger partial charge in [-0.2, -0.15) is 0 Å². The molecule has 100 valence electrons. The zero-order chi connectivity index (χ0) is 13.9. The Morgan fingerprint density at radius 1 is 0.947 bits per heavy atom. The summed E-state index contributed by atoms with van der Waals surface area (Å²) in [6, 6.07) is 0. The lowest BCUT2D eigenvalue weighted by atomic mass is 10.1. The Morgan fingerprint density at radius 3 is 1.74 bits per heavy atom. The maximum atomic E-state index is 12.2. The van der Waals surface area contributed by atoms with Gasteiger partial charge in [-0.3, -0.25) is 14.5 Å². The average Bonchev–Trinajstić information content (AvgIpc) is 3.16. The molecule has 0 N–H and O–H groups in total. The number of epoxide rings is 1. The van der Waals surface area contributed by atoms with E-state index < -0.39 is 11.8 Å². The SMILES string of the molecule is O=C1c2c(Cl)c(Cl)c(Cl)c(Cl)c2C(=O)N1CC1CO1. The van der Waals surface area contributed by atoms with Crippen molar-refractivity contribution in [1.82, 2.24) is 4.90 Å². The number of imide groups is 1. The van der Waals surface area contributed by atoms with Crippen LogP contribution in [0, 0.1) is 0 Å². The van der Waals surface area contributed by atoms with Crippen LogP contribution in [0.5, 0.6) is 0 Å². The molecule has 2 amide bonds. The van der Waals surface area contributed by atoms with Gasteiger partial charge < -0.3 is 4.74 Å². The fraction of sp³-hybridized carbons (Fsp3) is 0.273. The molecule has 0 radical (unpaired) electrons. The van der Waals surface area contributed by atoms with E-state index in [9.17, 15) is 9.59 Å². The molecule has 19 heavy (non-hydrogen) atoms. The van der Waals surface area contributed by atoms with Crippen molar-refractivity contribution in [3.8, 4) is 0 Å². The number of benzene rings is 1. The topological polar surface area (TPSA) is 49.9 Å². The second kappa shape index (κ2) is 4.50. The second-order valence-corrected chi connectivity index (χ2v) is 5.69. The molecule has 8 heteroatoms. The van der Waals surface area contributed by atoms with Crippen molar-refractivity contribution in [2.75, 3.05) is 13.2 Å². The predicted molar refractivity (Wildman–Crippen MR) is 71.6 cm³/mol. The van der Waals surface area contributed by atoms with Crippen LogP contribution in [0.2, 0.25) is 20.1 Å². The van der Waals surface area contributed by atoms with Gasteiger partial charge in [0.25, 0.3) is 11.8 Å². The molecule has 0 spiro atoms. The van der Waals surface area contributed by atoms with E-state index >= 15 is 0 Å². The smallest absolute Gasteiger partial charge is 0.263 e. The zero-order valence-electron chi connectivity index (χ0n) is 9.18. The molecule has 3 rings (SSSR count). The summed E-state index contributed by atoms with van der Waals surface area (Å²) in [4.78, 5) is 25.5. The van der Waals surface area contributed by atoms with Crippen LogP contribution in [0.25, 0.3) is 0 Å². The van der Waals surface area contributed by atoms with E-state index in [2.05, 4.69) is 0 Å². The van der Waals surface area contributed by atoms with Gasteiger partial charge in [0.1, 0.15) is 0 Å². The number of ether oxygens (including phenoxy) is 1. The Bertz CT molecular complexity index is 580. The quantitative estimate of drug-likeness (QED) is 0.359. The Kier molecular flexibility index (Phi) is 3.19. The van der Waals surface area contributed by atoms with Gasteiger partial charge in [-0.15, -0.1) is 0 Å². The van der Waals surface area contributed by atoms with Gasteiger partial charge in [0.15, 0.2) is 0 Å². The highest BCUT2D eigenvalue weighted by Gasteiger charge is 2.43. The number of amides is 2. The monoisotopic (exact) mass is 339 g/mol. The fourth-order valence-electron chi connectivity index (χ4n) is 1.94. The number of rotatable bonds is 2. The molecule has 0 aromatic heterocycles. The van der Waals surface area contributed by atoms with Crippen molar-refractivity contribution in [1.29, 1.82) is 0 Å². The predicted octanol–water partition coefficient (Wildman–Crippen LogP) is 3.30. The van der Waals surface area contributed by atoms with Gasteiger partial charge in [0.2, 0.25) is 0 Å². The van der Waals surface area contributed by atoms with Gasteiger partial charge in [0, 0.05) is 0 Å². The third-order valence-corrected chi connectivity index (χ3v) is 4.78. The van der Waals surface area contributed by atoms with Gasteiger partial charge in [-0.1, -0.05) is 46.4 Å². The van der Waals surface area contributed by atoms with Crippen LogP contribution in [-0.4, -0.2) is 36.0 Å². The zero-order valence-corrected chi connectivity index (χ0v) is 12.2.